The number of alkyl halides is 1. The van der Waals surface area contributed by atoms with Gasteiger partial charge >= 0.3 is 0 Å². The molecular formula is C19H37FN2. The number of rotatable bonds is 3. The molecule has 2 heterocycles. The number of hydrogen-bond acceptors (Lipinski definition) is 2. The summed E-state index contributed by atoms with van der Waals surface area (Å²) in [6, 6.07) is 0. The average molecular weight is 313 g/mol. The summed E-state index contributed by atoms with van der Waals surface area (Å²) in [5.74, 6) is 0.824. The van der Waals surface area contributed by atoms with E-state index in [9.17, 15) is 4.39 Å². The second-order valence-electron chi connectivity index (χ2n) is 9.13. The average Bonchev–Trinajstić information content (AvgIpc) is 2.64. The van der Waals surface area contributed by atoms with E-state index in [1.807, 2.05) is 0 Å². The van der Waals surface area contributed by atoms with Gasteiger partial charge in [0.2, 0.25) is 0 Å². The molecule has 2 fully saturated rings. The van der Waals surface area contributed by atoms with Crippen LogP contribution in [0, 0.1) is 5.92 Å². The van der Waals surface area contributed by atoms with Crippen LogP contribution in [-0.2, 0) is 0 Å². The predicted octanol–water partition coefficient (Wildman–Crippen LogP) is 4.49. The number of piperidine rings is 1. The lowest BCUT2D eigenvalue weighted by Crippen LogP contribution is -2.49. The zero-order chi connectivity index (χ0) is 16.4. The molecule has 0 bridgehead atoms. The third kappa shape index (κ3) is 4.92. The Morgan fingerprint density at radius 3 is 2.00 bits per heavy atom. The fourth-order valence-corrected chi connectivity index (χ4v) is 4.33. The van der Waals surface area contributed by atoms with Crippen molar-refractivity contribution in [3.8, 4) is 0 Å². The standard InChI is InChI=1S/C19H37FN2/c1-18(2,3)21-11-6-7-16(8-12-21)15-19(4,5)22-13-9-17(20)10-14-22/h16-17H,6-15H2,1-5H3. The summed E-state index contributed by atoms with van der Waals surface area (Å²) in [5, 5.41) is 0. The zero-order valence-corrected chi connectivity index (χ0v) is 15.5. The lowest BCUT2D eigenvalue weighted by atomic mass is 9.84. The van der Waals surface area contributed by atoms with Crippen molar-refractivity contribution < 1.29 is 4.39 Å². The quantitative estimate of drug-likeness (QED) is 0.757. The molecule has 1 unspecified atom stereocenters. The molecule has 2 aliphatic rings. The molecule has 130 valence electrons. The van der Waals surface area contributed by atoms with Crippen LogP contribution in [0.2, 0.25) is 0 Å². The maximum absolute atomic E-state index is 13.4. The summed E-state index contributed by atoms with van der Waals surface area (Å²) in [7, 11) is 0. The van der Waals surface area contributed by atoms with E-state index in [2.05, 4.69) is 44.4 Å². The molecule has 0 N–H and O–H groups in total. The van der Waals surface area contributed by atoms with E-state index < -0.39 is 6.17 Å². The van der Waals surface area contributed by atoms with E-state index in [0.717, 1.165) is 31.8 Å². The van der Waals surface area contributed by atoms with E-state index >= 15 is 0 Å². The molecule has 2 nitrogen and oxygen atoms in total. The third-order valence-electron chi connectivity index (χ3n) is 5.87. The normalized spacial score (nSPS) is 27.8. The van der Waals surface area contributed by atoms with Crippen LogP contribution in [0.25, 0.3) is 0 Å². The molecule has 2 rings (SSSR count). The van der Waals surface area contributed by atoms with Crippen LogP contribution >= 0.6 is 0 Å². The fraction of sp³-hybridized carbons (Fsp3) is 1.00. The molecule has 2 aliphatic heterocycles. The van der Waals surface area contributed by atoms with E-state index in [1.54, 1.807) is 0 Å². The van der Waals surface area contributed by atoms with Crippen molar-refractivity contribution in [1.82, 2.24) is 9.80 Å². The van der Waals surface area contributed by atoms with Crippen molar-refractivity contribution in [2.24, 2.45) is 5.92 Å². The van der Waals surface area contributed by atoms with Crippen LogP contribution < -0.4 is 0 Å². The van der Waals surface area contributed by atoms with Crippen molar-refractivity contribution in [3.05, 3.63) is 0 Å². The van der Waals surface area contributed by atoms with E-state index in [1.165, 1.54) is 38.8 Å². The molecule has 0 spiro atoms. The van der Waals surface area contributed by atoms with Gasteiger partial charge in [0.05, 0.1) is 0 Å². The van der Waals surface area contributed by atoms with Crippen LogP contribution in [0.4, 0.5) is 4.39 Å². The van der Waals surface area contributed by atoms with E-state index in [0.29, 0.717) is 5.54 Å². The molecule has 0 radical (unpaired) electrons. The third-order valence-corrected chi connectivity index (χ3v) is 5.87. The van der Waals surface area contributed by atoms with Crippen LogP contribution in [0.5, 0.6) is 0 Å². The molecular weight excluding hydrogens is 275 g/mol. The molecule has 0 aliphatic carbocycles. The number of hydrogen-bond donors (Lipinski definition) is 0. The van der Waals surface area contributed by atoms with E-state index in [4.69, 9.17) is 0 Å². The van der Waals surface area contributed by atoms with Crippen molar-refractivity contribution in [1.29, 1.82) is 0 Å². The number of nitrogens with zero attached hydrogens (tertiary/aromatic N) is 2. The Labute approximate surface area is 137 Å². The Morgan fingerprint density at radius 2 is 1.41 bits per heavy atom. The Kier molecular flexibility index (Phi) is 5.93. The van der Waals surface area contributed by atoms with Crippen LogP contribution in [0.15, 0.2) is 0 Å². The molecule has 0 amide bonds. The van der Waals surface area contributed by atoms with Gasteiger partial charge in [-0.1, -0.05) is 0 Å². The highest BCUT2D eigenvalue weighted by Crippen LogP contribution is 2.33. The minimum atomic E-state index is -0.565. The summed E-state index contributed by atoms with van der Waals surface area (Å²) in [5.41, 5.74) is 0.523. The minimum absolute atomic E-state index is 0.224. The van der Waals surface area contributed by atoms with Gasteiger partial charge in [-0.2, -0.15) is 0 Å². The Morgan fingerprint density at radius 1 is 0.818 bits per heavy atom. The zero-order valence-electron chi connectivity index (χ0n) is 15.5. The van der Waals surface area contributed by atoms with Gasteiger partial charge in [-0.3, -0.25) is 9.80 Å². The highest BCUT2D eigenvalue weighted by atomic mass is 19.1. The van der Waals surface area contributed by atoms with Gasteiger partial charge in [0.1, 0.15) is 6.17 Å². The number of likely N-dealkylation sites (tertiary alicyclic amines) is 2. The smallest absolute Gasteiger partial charge is 0.103 e. The maximum atomic E-state index is 13.4. The van der Waals surface area contributed by atoms with E-state index in [-0.39, 0.29) is 5.54 Å². The highest BCUT2D eigenvalue weighted by Gasteiger charge is 2.34. The monoisotopic (exact) mass is 312 g/mol. The fourth-order valence-electron chi connectivity index (χ4n) is 4.33. The lowest BCUT2D eigenvalue weighted by molar-refractivity contribution is 0.0446. The van der Waals surface area contributed by atoms with Gasteiger partial charge in [-0.05, 0) is 92.2 Å². The van der Waals surface area contributed by atoms with Gasteiger partial charge in [0.15, 0.2) is 0 Å². The molecule has 0 saturated carbocycles. The second kappa shape index (κ2) is 7.17. The maximum Gasteiger partial charge on any atom is 0.103 e. The Bertz CT molecular complexity index is 340. The van der Waals surface area contributed by atoms with Gasteiger partial charge in [-0.25, -0.2) is 4.39 Å². The molecule has 3 heteroatoms. The van der Waals surface area contributed by atoms with Gasteiger partial charge in [-0.15, -0.1) is 0 Å². The van der Waals surface area contributed by atoms with Crippen LogP contribution in [0.3, 0.4) is 0 Å². The lowest BCUT2D eigenvalue weighted by Gasteiger charge is -2.43. The molecule has 0 aromatic rings. The second-order valence-corrected chi connectivity index (χ2v) is 9.13. The predicted molar refractivity (Wildman–Crippen MR) is 93.1 cm³/mol. The molecule has 2 saturated heterocycles. The van der Waals surface area contributed by atoms with Crippen molar-refractivity contribution in [2.45, 2.75) is 90.4 Å². The van der Waals surface area contributed by atoms with Crippen molar-refractivity contribution in [2.75, 3.05) is 26.2 Å². The van der Waals surface area contributed by atoms with Gasteiger partial charge < -0.3 is 0 Å². The topological polar surface area (TPSA) is 6.48 Å². The highest BCUT2D eigenvalue weighted by molar-refractivity contribution is 4.89. The SMILES string of the molecule is CC(C)(C)N1CCCC(CC(C)(C)N2CCC(F)CC2)CC1. The largest absolute Gasteiger partial charge is 0.298 e. The van der Waals surface area contributed by atoms with Gasteiger partial charge in [0, 0.05) is 24.2 Å². The van der Waals surface area contributed by atoms with Crippen LogP contribution in [0.1, 0.15) is 73.1 Å². The molecule has 0 aromatic heterocycles. The number of halogens is 1. The summed E-state index contributed by atoms with van der Waals surface area (Å²) in [4.78, 5) is 5.18. The van der Waals surface area contributed by atoms with Crippen LogP contribution in [-0.4, -0.2) is 53.2 Å². The summed E-state index contributed by atoms with van der Waals surface area (Å²) in [6.07, 6.45) is 6.16. The minimum Gasteiger partial charge on any atom is -0.298 e. The Hall–Kier alpha value is -0.150. The first kappa shape index (κ1) is 18.2. The van der Waals surface area contributed by atoms with Crippen molar-refractivity contribution >= 4 is 0 Å². The Balaban J connectivity index is 1.87. The first-order valence-corrected chi connectivity index (χ1v) is 9.33. The first-order valence-electron chi connectivity index (χ1n) is 9.33. The summed E-state index contributed by atoms with van der Waals surface area (Å²) in [6.45, 7) is 16.1. The van der Waals surface area contributed by atoms with Gasteiger partial charge in [0.25, 0.3) is 0 Å². The molecule has 1 atom stereocenters. The van der Waals surface area contributed by atoms with Crippen molar-refractivity contribution in [3.63, 3.8) is 0 Å². The molecule has 22 heavy (non-hydrogen) atoms. The molecule has 0 aromatic carbocycles. The summed E-state index contributed by atoms with van der Waals surface area (Å²) >= 11 is 0. The first-order chi connectivity index (χ1) is 10.2. The summed E-state index contributed by atoms with van der Waals surface area (Å²) < 4.78 is 13.4.